The highest BCUT2D eigenvalue weighted by Gasteiger charge is 2.27. The van der Waals surface area contributed by atoms with Gasteiger partial charge in [0.1, 0.15) is 11.6 Å². The van der Waals surface area contributed by atoms with Crippen molar-refractivity contribution in [3.05, 3.63) is 34.9 Å². The van der Waals surface area contributed by atoms with Crippen LogP contribution in [0.5, 0.6) is 0 Å². The molecule has 0 amide bonds. The summed E-state index contributed by atoms with van der Waals surface area (Å²) >= 11 is 0. The van der Waals surface area contributed by atoms with Gasteiger partial charge in [0.2, 0.25) is 0 Å². The van der Waals surface area contributed by atoms with Crippen LogP contribution in [0.4, 0.5) is 8.78 Å². The molecule has 20 heavy (non-hydrogen) atoms. The van der Waals surface area contributed by atoms with Gasteiger partial charge in [-0.15, -0.1) is 12.4 Å². The van der Waals surface area contributed by atoms with Crippen LogP contribution in [0.25, 0.3) is 0 Å². The number of aliphatic hydroxyl groups excluding tert-OH is 1. The standard InChI is InChI=1S/C14H20F2N2O.ClH/c1-10-2-3-11(15)13(14(10)16)12(4-9-19)18-7-5-17-6-8-18;/h2-3,12,17,19H,4-9H2,1H3;1H/t12-;/m0./s1. The fraction of sp³-hybridized carbons (Fsp3) is 0.571. The Bertz CT molecular complexity index is 439. The van der Waals surface area contributed by atoms with Crippen LogP contribution < -0.4 is 5.32 Å². The van der Waals surface area contributed by atoms with Crippen LogP contribution in [0, 0.1) is 18.6 Å². The van der Waals surface area contributed by atoms with Gasteiger partial charge in [-0.2, -0.15) is 0 Å². The lowest BCUT2D eigenvalue weighted by molar-refractivity contribution is 0.135. The Morgan fingerprint density at radius 1 is 1.30 bits per heavy atom. The van der Waals surface area contributed by atoms with Crippen molar-refractivity contribution in [2.24, 2.45) is 0 Å². The molecule has 0 bridgehead atoms. The van der Waals surface area contributed by atoms with E-state index in [9.17, 15) is 13.9 Å². The Kier molecular flexibility index (Phi) is 6.82. The van der Waals surface area contributed by atoms with Gasteiger partial charge in [-0.25, -0.2) is 8.78 Å². The smallest absolute Gasteiger partial charge is 0.133 e. The predicted octanol–water partition coefficient (Wildman–Crippen LogP) is 2.02. The van der Waals surface area contributed by atoms with Gasteiger partial charge in [0.25, 0.3) is 0 Å². The minimum Gasteiger partial charge on any atom is -0.396 e. The summed E-state index contributed by atoms with van der Waals surface area (Å²) in [5.41, 5.74) is 0.533. The molecule has 2 N–H and O–H groups in total. The largest absolute Gasteiger partial charge is 0.396 e. The van der Waals surface area contributed by atoms with Gasteiger partial charge < -0.3 is 10.4 Å². The second-order valence-corrected chi connectivity index (χ2v) is 4.91. The van der Waals surface area contributed by atoms with E-state index in [0.717, 1.165) is 26.2 Å². The third kappa shape index (κ3) is 3.67. The molecule has 0 aliphatic carbocycles. The molecule has 1 aliphatic rings. The zero-order chi connectivity index (χ0) is 13.8. The second-order valence-electron chi connectivity index (χ2n) is 4.91. The van der Waals surface area contributed by atoms with Crippen molar-refractivity contribution in [3.8, 4) is 0 Å². The maximum absolute atomic E-state index is 14.2. The summed E-state index contributed by atoms with van der Waals surface area (Å²) in [6.45, 7) is 4.62. The van der Waals surface area contributed by atoms with Crippen molar-refractivity contribution >= 4 is 12.4 Å². The maximum atomic E-state index is 14.2. The van der Waals surface area contributed by atoms with Crippen LogP contribution in [-0.4, -0.2) is 42.8 Å². The Morgan fingerprint density at radius 3 is 2.55 bits per heavy atom. The molecule has 1 aliphatic heterocycles. The van der Waals surface area contributed by atoms with E-state index in [0.29, 0.717) is 12.0 Å². The number of rotatable bonds is 4. The minimum atomic E-state index is -0.528. The highest BCUT2D eigenvalue weighted by atomic mass is 35.5. The summed E-state index contributed by atoms with van der Waals surface area (Å²) in [4.78, 5) is 2.04. The average molecular weight is 307 g/mol. The number of nitrogens with zero attached hydrogens (tertiary/aromatic N) is 1. The number of hydrogen-bond donors (Lipinski definition) is 2. The van der Waals surface area contributed by atoms with E-state index in [2.05, 4.69) is 5.32 Å². The van der Waals surface area contributed by atoms with Gasteiger partial charge in [0.15, 0.2) is 0 Å². The molecule has 1 aromatic carbocycles. The van der Waals surface area contributed by atoms with E-state index in [4.69, 9.17) is 0 Å². The number of aryl methyl sites for hydroxylation is 1. The van der Waals surface area contributed by atoms with Crippen molar-refractivity contribution in [2.75, 3.05) is 32.8 Å². The van der Waals surface area contributed by atoms with Gasteiger partial charge in [-0.1, -0.05) is 6.07 Å². The minimum absolute atomic E-state index is 0. The fourth-order valence-corrected chi connectivity index (χ4v) is 2.61. The van der Waals surface area contributed by atoms with Gasteiger partial charge in [0, 0.05) is 44.4 Å². The van der Waals surface area contributed by atoms with E-state index in [1.807, 2.05) is 4.90 Å². The summed E-state index contributed by atoms with van der Waals surface area (Å²) in [7, 11) is 0. The Morgan fingerprint density at radius 2 is 1.95 bits per heavy atom. The summed E-state index contributed by atoms with van der Waals surface area (Å²) in [5.74, 6) is -1.02. The molecule has 1 heterocycles. The number of aliphatic hydroxyl groups is 1. The number of nitrogens with one attached hydrogen (secondary N) is 1. The molecular weight excluding hydrogens is 286 g/mol. The number of benzene rings is 1. The number of hydrogen-bond acceptors (Lipinski definition) is 3. The van der Waals surface area contributed by atoms with Crippen LogP contribution in [0.3, 0.4) is 0 Å². The lowest BCUT2D eigenvalue weighted by Gasteiger charge is -2.35. The topological polar surface area (TPSA) is 35.5 Å². The SMILES string of the molecule is Cc1ccc(F)c([C@H](CCO)N2CCNCC2)c1F.Cl. The van der Waals surface area contributed by atoms with Gasteiger partial charge in [0.05, 0.1) is 0 Å². The molecule has 0 aromatic heterocycles. The third-order valence-electron chi connectivity index (χ3n) is 3.65. The van der Waals surface area contributed by atoms with Crippen LogP contribution in [0.2, 0.25) is 0 Å². The second kappa shape index (κ2) is 7.88. The van der Waals surface area contributed by atoms with Gasteiger partial charge >= 0.3 is 0 Å². The van der Waals surface area contributed by atoms with Crippen molar-refractivity contribution < 1.29 is 13.9 Å². The van der Waals surface area contributed by atoms with Crippen LogP contribution in [-0.2, 0) is 0 Å². The molecule has 6 heteroatoms. The van der Waals surface area contributed by atoms with E-state index < -0.39 is 17.7 Å². The highest BCUT2D eigenvalue weighted by molar-refractivity contribution is 5.85. The monoisotopic (exact) mass is 306 g/mol. The molecule has 1 aromatic rings. The summed E-state index contributed by atoms with van der Waals surface area (Å²) < 4.78 is 28.2. The van der Waals surface area contributed by atoms with Crippen LogP contribution in [0.1, 0.15) is 23.6 Å². The quantitative estimate of drug-likeness (QED) is 0.893. The van der Waals surface area contributed by atoms with E-state index in [1.54, 1.807) is 6.92 Å². The third-order valence-corrected chi connectivity index (χ3v) is 3.65. The lowest BCUT2D eigenvalue weighted by atomic mass is 9.98. The lowest BCUT2D eigenvalue weighted by Crippen LogP contribution is -2.45. The van der Waals surface area contributed by atoms with Crippen molar-refractivity contribution in [1.29, 1.82) is 0 Å². The van der Waals surface area contributed by atoms with E-state index >= 15 is 0 Å². The molecule has 0 saturated carbocycles. The maximum Gasteiger partial charge on any atom is 0.133 e. The average Bonchev–Trinajstić information content (AvgIpc) is 2.43. The fourth-order valence-electron chi connectivity index (χ4n) is 2.61. The summed E-state index contributed by atoms with van der Waals surface area (Å²) in [6, 6.07) is 2.36. The highest BCUT2D eigenvalue weighted by Crippen LogP contribution is 2.30. The number of piperazine rings is 1. The summed E-state index contributed by atoms with van der Waals surface area (Å²) in [5, 5.41) is 12.4. The first-order valence-corrected chi connectivity index (χ1v) is 6.65. The Balaban J connectivity index is 0.00000200. The Labute approximate surface area is 124 Å². The zero-order valence-corrected chi connectivity index (χ0v) is 12.3. The molecular formula is C14H21ClF2N2O. The van der Waals surface area contributed by atoms with Crippen molar-refractivity contribution in [1.82, 2.24) is 10.2 Å². The Hall–Kier alpha value is -0.750. The van der Waals surface area contributed by atoms with E-state index in [-0.39, 0.29) is 24.6 Å². The van der Waals surface area contributed by atoms with Crippen molar-refractivity contribution in [3.63, 3.8) is 0 Å². The zero-order valence-electron chi connectivity index (χ0n) is 11.5. The molecule has 1 atom stereocenters. The van der Waals surface area contributed by atoms with Gasteiger partial charge in [-0.3, -0.25) is 4.90 Å². The molecule has 114 valence electrons. The van der Waals surface area contributed by atoms with Crippen molar-refractivity contribution in [2.45, 2.75) is 19.4 Å². The van der Waals surface area contributed by atoms with Crippen LogP contribution in [0.15, 0.2) is 12.1 Å². The molecule has 2 rings (SSSR count). The van der Waals surface area contributed by atoms with Gasteiger partial charge in [-0.05, 0) is 25.0 Å². The number of halogens is 3. The molecule has 0 spiro atoms. The molecule has 0 unspecified atom stereocenters. The molecule has 0 radical (unpaired) electrons. The van der Waals surface area contributed by atoms with E-state index in [1.165, 1.54) is 12.1 Å². The summed E-state index contributed by atoms with van der Waals surface area (Å²) in [6.07, 6.45) is 0.345. The molecule has 1 saturated heterocycles. The normalized spacial score (nSPS) is 17.6. The molecule has 1 fully saturated rings. The first-order chi connectivity index (χ1) is 9.15. The van der Waals surface area contributed by atoms with Crippen LogP contribution >= 0.6 is 12.4 Å². The first kappa shape index (κ1) is 17.3. The first-order valence-electron chi connectivity index (χ1n) is 6.65. The molecule has 3 nitrogen and oxygen atoms in total. The predicted molar refractivity (Wildman–Crippen MR) is 77.2 cm³/mol.